The van der Waals surface area contributed by atoms with Crippen molar-refractivity contribution in [1.29, 1.82) is 0 Å². The highest BCUT2D eigenvalue weighted by Gasteiger charge is 2.45. The maximum atomic E-state index is 10.4. The van der Waals surface area contributed by atoms with E-state index in [-0.39, 0.29) is 18.9 Å². The smallest absolute Gasteiger partial charge is 0.106 e. The number of aryl methyl sites for hydroxylation is 1. The zero-order chi connectivity index (χ0) is 20.7. The minimum absolute atomic E-state index is 0.0811. The Morgan fingerprint density at radius 3 is 2.93 bits per heavy atom. The maximum absolute atomic E-state index is 10.4. The Morgan fingerprint density at radius 2 is 2.10 bits per heavy atom. The van der Waals surface area contributed by atoms with Gasteiger partial charge in [0.05, 0.1) is 30.7 Å². The van der Waals surface area contributed by atoms with E-state index in [0.717, 1.165) is 43.7 Å². The van der Waals surface area contributed by atoms with Crippen molar-refractivity contribution in [2.24, 2.45) is 0 Å². The van der Waals surface area contributed by atoms with E-state index in [1.807, 2.05) is 23.0 Å². The molecule has 0 spiro atoms. The van der Waals surface area contributed by atoms with E-state index in [1.54, 1.807) is 0 Å². The van der Waals surface area contributed by atoms with Crippen molar-refractivity contribution in [2.75, 3.05) is 19.8 Å². The molecule has 0 radical (unpaired) electrons. The Hall–Kier alpha value is -1.81. The van der Waals surface area contributed by atoms with Crippen molar-refractivity contribution >= 4 is 0 Å². The quantitative estimate of drug-likeness (QED) is 0.576. The summed E-state index contributed by atoms with van der Waals surface area (Å²) in [5, 5.41) is 31.7. The minimum atomic E-state index is -0.889. The van der Waals surface area contributed by atoms with Crippen LogP contribution in [0.4, 0.5) is 0 Å². The lowest BCUT2D eigenvalue weighted by Gasteiger charge is -2.44. The van der Waals surface area contributed by atoms with Gasteiger partial charge >= 0.3 is 0 Å². The summed E-state index contributed by atoms with van der Waals surface area (Å²) in [4.78, 5) is 2.48. The Kier molecular flexibility index (Phi) is 5.61. The first-order chi connectivity index (χ1) is 14.6. The molecule has 8 heteroatoms. The molecule has 8 nitrogen and oxygen atoms in total. The molecule has 4 N–H and O–H groups in total. The van der Waals surface area contributed by atoms with Crippen molar-refractivity contribution < 1.29 is 14.9 Å². The number of aromatic nitrogens is 2. The largest absolute Gasteiger partial charge is 0.394 e. The fourth-order valence-corrected chi connectivity index (χ4v) is 5.14. The fourth-order valence-electron chi connectivity index (χ4n) is 5.14. The molecule has 4 unspecified atom stereocenters. The molecular formula is C22H31N5O3. The molecule has 5 rings (SSSR count). The summed E-state index contributed by atoms with van der Waals surface area (Å²) in [5.74, 6) is 0. The number of hydrogen-bond donors (Lipinski definition) is 4. The number of nitrogens with one attached hydrogen (secondary N) is 2. The van der Waals surface area contributed by atoms with Gasteiger partial charge in [-0.25, -0.2) is 0 Å². The van der Waals surface area contributed by atoms with Crippen LogP contribution in [0.5, 0.6) is 0 Å². The summed E-state index contributed by atoms with van der Waals surface area (Å²) in [7, 11) is 0. The Balaban J connectivity index is 1.38. The summed E-state index contributed by atoms with van der Waals surface area (Å²) >= 11 is 0. The highest BCUT2D eigenvalue weighted by Crippen LogP contribution is 2.33. The number of nitrogens with zero attached hydrogens (tertiary/aromatic N) is 3. The van der Waals surface area contributed by atoms with Gasteiger partial charge in [0.1, 0.15) is 12.3 Å². The molecule has 0 aliphatic carbocycles. The van der Waals surface area contributed by atoms with Crippen LogP contribution in [-0.2, 0) is 4.74 Å². The Bertz CT molecular complexity index is 874. The van der Waals surface area contributed by atoms with E-state index in [2.05, 4.69) is 40.7 Å². The molecule has 30 heavy (non-hydrogen) atoms. The van der Waals surface area contributed by atoms with Crippen molar-refractivity contribution in [3.8, 4) is 11.3 Å². The van der Waals surface area contributed by atoms with Crippen LogP contribution in [0.25, 0.3) is 11.3 Å². The van der Waals surface area contributed by atoms with Crippen LogP contribution in [0, 0.1) is 6.92 Å². The van der Waals surface area contributed by atoms with Gasteiger partial charge in [0.25, 0.3) is 0 Å². The first-order valence-electron chi connectivity index (χ1n) is 10.9. The first kappa shape index (κ1) is 20.1. The van der Waals surface area contributed by atoms with E-state index in [1.165, 1.54) is 5.56 Å². The van der Waals surface area contributed by atoms with Gasteiger partial charge in [0.15, 0.2) is 0 Å². The molecule has 3 aliphatic rings. The van der Waals surface area contributed by atoms with Crippen molar-refractivity contribution in [1.82, 2.24) is 25.3 Å². The van der Waals surface area contributed by atoms with Crippen LogP contribution < -0.4 is 10.6 Å². The van der Waals surface area contributed by atoms with Crippen LogP contribution in [0.15, 0.2) is 36.5 Å². The second-order valence-electron chi connectivity index (χ2n) is 8.67. The second kappa shape index (κ2) is 8.37. The van der Waals surface area contributed by atoms with E-state index < -0.39 is 12.3 Å². The second-order valence-corrected chi connectivity index (χ2v) is 8.67. The van der Waals surface area contributed by atoms with Crippen LogP contribution in [0.3, 0.4) is 0 Å². The fraction of sp³-hybridized carbons (Fsp3) is 0.591. The van der Waals surface area contributed by atoms with Gasteiger partial charge in [-0.15, -0.1) is 0 Å². The number of rotatable bonds is 5. The summed E-state index contributed by atoms with van der Waals surface area (Å²) in [6.07, 6.45) is 3.93. The van der Waals surface area contributed by atoms with Gasteiger partial charge in [-0.05, 0) is 31.9 Å². The summed E-state index contributed by atoms with van der Waals surface area (Å²) in [6, 6.07) is 10.8. The number of aliphatic hydroxyl groups is 2. The highest BCUT2D eigenvalue weighted by atomic mass is 16.5. The van der Waals surface area contributed by atoms with Crippen LogP contribution in [0.1, 0.15) is 31.0 Å². The Morgan fingerprint density at radius 1 is 1.23 bits per heavy atom. The van der Waals surface area contributed by atoms with Crippen LogP contribution >= 0.6 is 0 Å². The third kappa shape index (κ3) is 3.79. The van der Waals surface area contributed by atoms with E-state index in [4.69, 9.17) is 9.84 Å². The molecular weight excluding hydrogens is 382 g/mol. The molecule has 1 aromatic carbocycles. The number of benzene rings is 1. The number of likely N-dealkylation sites (tertiary alicyclic amines) is 1. The normalized spacial score (nSPS) is 33.0. The SMILES string of the molecule is Cc1cccc(-c2ccn(C3CC(N4CC[C@H]5OCC[C@H]54)NC(C(O)CO)N3)n2)c1. The van der Waals surface area contributed by atoms with E-state index in [9.17, 15) is 10.2 Å². The lowest BCUT2D eigenvalue weighted by atomic mass is 10.1. The Labute approximate surface area is 176 Å². The van der Waals surface area contributed by atoms with Gasteiger partial charge in [-0.2, -0.15) is 5.10 Å². The van der Waals surface area contributed by atoms with Gasteiger partial charge in [0, 0.05) is 37.4 Å². The van der Waals surface area contributed by atoms with Gasteiger partial charge in [-0.3, -0.25) is 20.2 Å². The third-order valence-corrected chi connectivity index (χ3v) is 6.68. The van der Waals surface area contributed by atoms with Crippen LogP contribution in [0.2, 0.25) is 0 Å². The summed E-state index contributed by atoms with van der Waals surface area (Å²) in [6.45, 7) is 3.58. The lowest BCUT2D eigenvalue weighted by molar-refractivity contribution is -0.0129. The molecule has 1 aromatic heterocycles. The monoisotopic (exact) mass is 413 g/mol. The number of fused-ring (bicyclic) bond motifs is 1. The summed E-state index contributed by atoms with van der Waals surface area (Å²) < 4.78 is 7.82. The molecule has 4 heterocycles. The van der Waals surface area contributed by atoms with Gasteiger partial charge < -0.3 is 14.9 Å². The molecule has 3 fully saturated rings. The predicted octanol–water partition coefficient (Wildman–Crippen LogP) is 0.809. The number of hydrogen-bond acceptors (Lipinski definition) is 7. The zero-order valence-electron chi connectivity index (χ0n) is 17.3. The standard InChI is InChI=1S/C22H31N5O3/c1-14-3-2-4-15(11-14)16-5-9-27(25-16)21-12-20(23-22(24-21)18(29)13-28)26-8-6-19-17(26)7-10-30-19/h2-5,9,11,17-24,28-29H,6-8,10,12-13H2,1H3/t17-,18?,19-,20?,21?,22?/m1/s1. The molecule has 0 saturated carbocycles. The lowest BCUT2D eigenvalue weighted by Crippen LogP contribution is -2.66. The highest BCUT2D eigenvalue weighted by molar-refractivity contribution is 5.59. The number of aliphatic hydroxyl groups excluding tert-OH is 2. The van der Waals surface area contributed by atoms with Gasteiger partial charge in [-0.1, -0.05) is 23.8 Å². The average Bonchev–Trinajstić information content (AvgIpc) is 3.49. The molecule has 162 valence electrons. The topological polar surface area (TPSA) is 94.8 Å². The van der Waals surface area contributed by atoms with Crippen LogP contribution in [-0.4, -0.2) is 75.2 Å². The average molecular weight is 414 g/mol. The van der Waals surface area contributed by atoms with Crippen molar-refractivity contribution in [3.05, 3.63) is 42.1 Å². The summed E-state index contributed by atoms with van der Waals surface area (Å²) in [5.41, 5.74) is 3.23. The molecule has 3 aliphatic heterocycles. The maximum Gasteiger partial charge on any atom is 0.106 e. The molecule has 2 aromatic rings. The van der Waals surface area contributed by atoms with E-state index >= 15 is 0 Å². The molecule has 0 amide bonds. The molecule has 6 atom stereocenters. The zero-order valence-corrected chi connectivity index (χ0v) is 17.3. The molecule has 3 saturated heterocycles. The van der Waals surface area contributed by atoms with E-state index in [0.29, 0.717) is 12.1 Å². The minimum Gasteiger partial charge on any atom is -0.394 e. The van der Waals surface area contributed by atoms with Crippen molar-refractivity contribution in [3.63, 3.8) is 0 Å². The number of ether oxygens (including phenoxy) is 1. The third-order valence-electron chi connectivity index (χ3n) is 6.68. The van der Waals surface area contributed by atoms with Gasteiger partial charge in [0.2, 0.25) is 0 Å². The first-order valence-corrected chi connectivity index (χ1v) is 10.9. The molecule has 0 bridgehead atoms. The van der Waals surface area contributed by atoms with Crippen molar-refractivity contribution in [2.45, 2.75) is 62.9 Å². The predicted molar refractivity (Wildman–Crippen MR) is 112 cm³/mol.